The fourth-order valence-corrected chi connectivity index (χ4v) is 5.51. The predicted octanol–water partition coefficient (Wildman–Crippen LogP) is 12.1. The molecule has 0 aromatic rings. The van der Waals surface area contributed by atoms with Gasteiger partial charge in [-0.1, -0.05) is 187 Å². The van der Waals surface area contributed by atoms with Crippen LogP contribution in [0.5, 0.6) is 0 Å². The third kappa shape index (κ3) is 35.3. The summed E-state index contributed by atoms with van der Waals surface area (Å²) in [5.74, 6) is -0.360. The largest absolute Gasteiger partial charge is 0.460 e. The Hall–Kier alpha value is -0.870. The molecule has 0 aromatic carbocycles. The molecule has 0 unspecified atom stereocenters. The van der Waals surface area contributed by atoms with Gasteiger partial charge in [-0.25, -0.2) is 4.79 Å². The molecular weight excluding hydrogens is 520 g/mol. The molecular formula is C38H74O4. The van der Waals surface area contributed by atoms with Gasteiger partial charge >= 0.3 is 5.97 Å². The standard InChI is InChI=1S/C38H74O4/c1-4-5-6-7-8-9-10-11-12-13-14-15-16-17-18-19-20-21-22-23-24-25-26-27-28-29-30-31-32-40-33-34-41-35-36-42-38(39)37(2)3/h2,4-36H2,1,3H3. The second kappa shape index (κ2) is 36.3. The number of ether oxygens (including phenoxy) is 3. The normalized spacial score (nSPS) is 11.3. The van der Waals surface area contributed by atoms with Gasteiger partial charge in [0.1, 0.15) is 6.61 Å². The SMILES string of the molecule is C=C(C)C(=O)OCCOCCOCCCCCCCCCCCCCCCCCCCCCCCCCCCCCC. The van der Waals surface area contributed by atoms with E-state index in [1.807, 2.05) is 0 Å². The molecule has 0 aliphatic heterocycles. The third-order valence-electron chi connectivity index (χ3n) is 8.32. The number of hydrogen-bond donors (Lipinski definition) is 0. The Morgan fingerprint density at radius 3 is 0.976 bits per heavy atom. The van der Waals surface area contributed by atoms with Crippen LogP contribution in [0.3, 0.4) is 0 Å². The Kier molecular flexibility index (Phi) is 35.6. The van der Waals surface area contributed by atoms with Crippen LogP contribution in [-0.4, -0.2) is 39.0 Å². The molecule has 42 heavy (non-hydrogen) atoms. The smallest absolute Gasteiger partial charge is 0.333 e. The van der Waals surface area contributed by atoms with Crippen molar-refractivity contribution in [1.82, 2.24) is 0 Å². The Balaban J connectivity index is 3.06. The van der Waals surface area contributed by atoms with Gasteiger partial charge in [0.05, 0.1) is 19.8 Å². The Morgan fingerprint density at radius 1 is 0.405 bits per heavy atom. The van der Waals surface area contributed by atoms with Gasteiger partial charge < -0.3 is 14.2 Å². The minimum Gasteiger partial charge on any atom is -0.460 e. The maximum atomic E-state index is 11.2. The maximum absolute atomic E-state index is 11.2. The van der Waals surface area contributed by atoms with Crippen LogP contribution < -0.4 is 0 Å². The van der Waals surface area contributed by atoms with Crippen LogP contribution in [0, 0.1) is 0 Å². The van der Waals surface area contributed by atoms with Crippen LogP contribution in [0.15, 0.2) is 12.2 Å². The van der Waals surface area contributed by atoms with Crippen molar-refractivity contribution in [3.63, 3.8) is 0 Å². The van der Waals surface area contributed by atoms with Crippen LogP contribution in [0.1, 0.15) is 194 Å². The lowest BCUT2D eigenvalue weighted by atomic mass is 10.0. The summed E-state index contributed by atoms with van der Waals surface area (Å²) in [5.41, 5.74) is 0.416. The topological polar surface area (TPSA) is 44.8 Å². The fourth-order valence-electron chi connectivity index (χ4n) is 5.51. The first-order valence-corrected chi connectivity index (χ1v) is 18.7. The highest BCUT2D eigenvalue weighted by molar-refractivity contribution is 5.86. The molecule has 0 amide bonds. The van der Waals surface area contributed by atoms with Gasteiger partial charge in [0, 0.05) is 12.2 Å². The highest BCUT2D eigenvalue weighted by Gasteiger charge is 2.02. The highest BCUT2D eigenvalue weighted by Crippen LogP contribution is 2.16. The second-order valence-corrected chi connectivity index (χ2v) is 12.7. The van der Waals surface area contributed by atoms with E-state index in [2.05, 4.69) is 13.5 Å². The molecule has 0 N–H and O–H groups in total. The molecule has 0 aromatic heterocycles. The molecule has 0 fully saturated rings. The summed E-state index contributed by atoms with van der Waals surface area (Å²) in [6, 6.07) is 0. The van der Waals surface area contributed by atoms with E-state index in [9.17, 15) is 4.79 Å². The summed E-state index contributed by atoms with van der Waals surface area (Å²) in [6.45, 7) is 10.1. The average molecular weight is 595 g/mol. The van der Waals surface area contributed by atoms with Crippen LogP contribution in [0.4, 0.5) is 0 Å². The van der Waals surface area contributed by atoms with Crippen molar-refractivity contribution in [3.05, 3.63) is 12.2 Å². The third-order valence-corrected chi connectivity index (χ3v) is 8.32. The van der Waals surface area contributed by atoms with Crippen LogP contribution in [-0.2, 0) is 19.0 Å². The zero-order valence-electron chi connectivity index (χ0n) is 28.7. The van der Waals surface area contributed by atoms with E-state index < -0.39 is 0 Å². The van der Waals surface area contributed by atoms with E-state index >= 15 is 0 Å². The number of rotatable bonds is 36. The van der Waals surface area contributed by atoms with Crippen LogP contribution in [0.2, 0.25) is 0 Å². The predicted molar refractivity (Wildman–Crippen MR) is 182 cm³/mol. The van der Waals surface area contributed by atoms with Crippen LogP contribution in [0.25, 0.3) is 0 Å². The molecule has 4 heteroatoms. The van der Waals surface area contributed by atoms with Crippen molar-refractivity contribution < 1.29 is 19.0 Å². The molecule has 0 atom stereocenters. The molecule has 0 rings (SSSR count). The lowest BCUT2D eigenvalue weighted by molar-refractivity contribution is -0.140. The van der Waals surface area contributed by atoms with E-state index in [1.165, 1.54) is 173 Å². The molecule has 0 saturated carbocycles. The van der Waals surface area contributed by atoms with E-state index in [-0.39, 0.29) is 12.6 Å². The van der Waals surface area contributed by atoms with E-state index in [1.54, 1.807) is 6.92 Å². The van der Waals surface area contributed by atoms with Gasteiger partial charge in [-0.3, -0.25) is 0 Å². The maximum Gasteiger partial charge on any atom is 0.333 e. The van der Waals surface area contributed by atoms with Crippen molar-refractivity contribution in [3.8, 4) is 0 Å². The summed E-state index contributed by atoms with van der Waals surface area (Å²) < 4.78 is 16.0. The number of carbonyl (C=O) groups excluding carboxylic acids is 1. The first kappa shape index (κ1) is 41.1. The van der Waals surface area contributed by atoms with Gasteiger partial charge in [0.2, 0.25) is 0 Å². The van der Waals surface area contributed by atoms with E-state index in [0.717, 1.165) is 13.0 Å². The van der Waals surface area contributed by atoms with Crippen molar-refractivity contribution in [1.29, 1.82) is 0 Å². The molecule has 0 radical (unpaired) electrons. The molecule has 4 nitrogen and oxygen atoms in total. The number of hydrogen-bond acceptors (Lipinski definition) is 4. The first-order valence-electron chi connectivity index (χ1n) is 18.7. The Morgan fingerprint density at radius 2 is 0.667 bits per heavy atom. The number of esters is 1. The van der Waals surface area contributed by atoms with Gasteiger partial charge in [-0.15, -0.1) is 0 Å². The lowest BCUT2D eigenvalue weighted by Gasteiger charge is -2.07. The molecule has 0 heterocycles. The lowest BCUT2D eigenvalue weighted by Crippen LogP contribution is -2.13. The van der Waals surface area contributed by atoms with E-state index in [0.29, 0.717) is 25.4 Å². The average Bonchev–Trinajstić information content (AvgIpc) is 2.99. The summed E-state index contributed by atoms with van der Waals surface area (Å²) in [4.78, 5) is 11.2. The Labute approximate surface area is 263 Å². The number of carbonyl (C=O) groups is 1. The summed E-state index contributed by atoms with van der Waals surface area (Å²) in [7, 11) is 0. The highest BCUT2D eigenvalue weighted by atomic mass is 16.6. The van der Waals surface area contributed by atoms with Gasteiger partial charge in [0.15, 0.2) is 0 Å². The molecule has 250 valence electrons. The minimum atomic E-state index is -0.360. The van der Waals surface area contributed by atoms with Crippen molar-refractivity contribution >= 4 is 5.97 Å². The first-order chi connectivity index (χ1) is 20.7. The van der Waals surface area contributed by atoms with Gasteiger partial charge in [-0.2, -0.15) is 0 Å². The Bertz CT molecular complexity index is 547. The quantitative estimate of drug-likeness (QED) is 0.0411. The molecule has 0 aliphatic rings. The zero-order chi connectivity index (χ0) is 30.6. The molecule has 0 saturated heterocycles. The monoisotopic (exact) mass is 595 g/mol. The molecule has 0 spiro atoms. The molecule has 0 aliphatic carbocycles. The van der Waals surface area contributed by atoms with E-state index in [4.69, 9.17) is 14.2 Å². The number of unbranched alkanes of at least 4 members (excludes halogenated alkanes) is 27. The minimum absolute atomic E-state index is 0.269. The van der Waals surface area contributed by atoms with Crippen molar-refractivity contribution in [2.75, 3.05) is 33.0 Å². The van der Waals surface area contributed by atoms with Crippen molar-refractivity contribution in [2.24, 2.45) is 0 Å². The zero-order valence-corrected chi connectivity index (χ0v) is 28.7. The van der Waals surface area contributed by atoms with Crippen LogP contribution >= 0.6 is 0 Å². The van der Waals surface area contributed by atoms with Gasteiger partial charge in [-0.05, 0) is 13.3 Å². The second-order valence-electron chi connectivity index (χ2n) is 12.7. The van der Waals surface area contributed by atoms with Gasteiger partial charge in [0.25, 0.3) is 0 Å². The summed E-state index contributed by atoms with van der Waals surface area (Å²) >= 11 is 0. The summed E-state index contributed by atoms with van der Waals surface area (Å²) in [6.07, 6.45) is 40.0. The summed E-state index contributed by atoms with van der Waals surface area (Å²) in [5, 5.41) is 0. The fraction of sp³-hybridized carbons (Fsp3) is 0.921. The van der Waals surface area contributed by atoms with Crippen molar-refractivity contribution in [2.45, 2.75) is 194 Å². The molecule has 0 bridgehead atoms.